The van der Waals surface area contributed by atoms with Gasteiger partial charge in [-0.15, -0.1) is 0 Å². The number of hydrogen-bond acceptors (Lipinski definition) is 4. The number of halogens is 2. The lowest BCUT2D eigenvalue weighted by Crippen LogP contribution is -2.26. The predicted octanol–water partition coefficient (Wildman–Crippen LogP) is 4.60. The van der Waals surface area contributed by atoms with Gasteiger partial charge in [-0.05, 0) is 55.5 Å². The summed E-state index contributed by atoms with van der Waals surface area (Å²) < 4.78 is 17.9. The Balaban J connectivity index is 1.73. The third-order valence-corrected chi connectivity index (χ3v) is 5.33. The van der Waals surface area contributed by atoms with Gasteiger partial charge in [-0.3, -0.25) is 9.63 Å². The van der Waals surface area contributed by atoms with Crippen LogP contribution in [0.15, 0.2) is 35.1 Å². The quantitative estimate of drug-likeness (QED) is 0.543. The van der Waals surface area contributed by atoms with Gasteiger partial charge < -0.3 is 9.88 Å². The van der Waals surface area contributed by atoms with E-state index in [0.29, 0.717) is 23.7 Å². The van der Waals surface area contributed by atoms with E-state index >= 15 is 4.39 Å². The van der Waals surface area contributed by atoms with Crippen LogP contribution in [0.4, 0.5) is 15.8 Å². The summed E-state index contributed by atoms with van der Waals surface area (Å²) in [6.45, 7) is 2.37. The Morgan fingerprint density at radius 1 is 1.39 bits per heavy atom. The molecule has 1 aromatic heterocycles. The lowest BCUT2D eigenvalue weighted by molar-refractivity contribution is 0.0271. The molecule has 6 nitrogen and oxygen atoms in total. The lowest BCUT2D eigenvalue weighted by Gasteiger charge is -2.16. The maximum atomic E-state index is 15.3. The second-order valence-electron chi connectivity index (χ2n) is 7.11. The summed E-state index contributed by atoms with van der Waals surface area (Å²) >= 11 is 3.42. The van der Waals surface area contributed by atoms with Gasteiger partial charge in [0.05, 0.1) is 29.7 Å². The molecule has 1 aliphatic rings. The maximum Gasteiger partial charge on any atom is 0.277 e. The number of anilines is 2. The number of imidazole rings is 1. The Hall–Kier alpha value is -2.45. The molecule has 28 heavy (non-hydrogen) atoms. The van der Waals surface area contributed by atoms with Crippen LogP contribution in [0.2, 0.25) is 0 Å². The van der Waals surface area contributed by atoms with Gasteiger partial charge in [0.2, 0.25) is 0 Å². The molecule has 1 amide bonds. The molecule has 3 aromatic rings. The Morgan fingerprint density at radius 2 is 2.18 bits per heavy atom. The van der Waals surface area contributed by atoms with Crippen molar-refractivity contribution in [2.75, 3.05) is 11.9 Å². The molecular weight excluding hydrogens is 427 g/mol. The molecule has 146 valence electrons. The van der Waals surface area contributed by atoms with Crippen LogP contribution in [0.5, 0.6) is 0 Å². The highest BCUT2D eigenvalue weighted by Gasteiger charge is 2.24. The van der Waals surface area contributed by atoms with E-state index in [2.05, 4.69) is 31.7 Å². The second-order valence-corrected chi connectivity index (χ2v) is 8.02. The molecule has 0 radical (unpaired) electrons. The number of amides is 1. The summed E-state index contributed by atoms with van der Waals surface area (Å²) in [6.07, 6.45) is 3.75. The van der Waals surface area contributed by atoms with E-state index in [4.69, 9.17) is 4.84 Å². The molecule has 0 aliphatic heterocycles. The summed E-state index contributed by atoms with van der Waals surface area (Å²) in [4.78, 5) is 22.2. The van der Waals surface area contributed by atoms with Crippen molar-refractivity contribution in [1.82, 2.24) is 15.0 Å². The number of rotatable bonds is 6. The van der Waals surface area contributed by atoms with Crippen LogP contribution in [0.1, 0.15) is 28.8 Å². The highest BCUT2D eigenvalue weighted by molar-refractivity contribution is 9.10. The minimum Gasteiger partial charge on any atom is -0.352 e. The predicted molar refractivity (Wildman–Crippen MR) is 109 cm³/mol. The van der Waals surface area contributed by atoms with Crippen LogP contribution in [0.25, 0.3) is 11.0 Å². The largest absolute Gasteiger partial charge is 0.352 e. The van der Waals surface area contributed by atoms with E-state index in [0.717, 1.165) is 22.9 Å². The van der Waals surface area contributed by atoms with Crippen LogP contribution in [-0.2, 0) is 11.9 Å². The third kappa shape index (κ3) is 3.74. The number of hydrogen-bond donors (Lipinski definition) is 2. The zero-order valence-corrected chi connectivity index (χ0v) is 17.1. The monoisotopic (exact) mass is 446 g/mol. The number of aromatic nitrogens is 2. The van der Waals surface area contributed by atoms with Crippen molar-refractivity contribution in [3.8, 4) is 0 Å². The molecule has 1 fully saturated rings. The number of benzene rings is 2. The average molecular weight is 447 g/mol. The molecule has 0 spiro atoms. The molecule has 1 heterocycles. The first-order valence-corrected chi connectivity index (χ1v) is 9.82. The summed E-state index contributed by atoms with van der Waals surface area (Å²) in [5, 5.41) is 3.07. The standard InChI is InChI=1S/C20H20BrFN4O2/c1-11-7-13(21)5-6-15(11)24-18-14(20(27)25-28-9-12-3-4-12)8-16-19(17(18)22)23-10-26(16)2/h5-8,10,12,24H,3-4,9H2,1-2H3,(H,25,27). The minimum atomic E-state index is -0.576. The molecule has 8 heteroatoms. The van der Waals surface area contributed by atoms with E-state index in [1.54, 1.807) is 17.7 Å². The van der Waals surface area contributed by atoms with Gasteiger partial charge in [-0.2, -0.15) is 0 Å². The topological polar surface area (TPSA) is 68.2 Å². The highest BCUT2D eigenvalue weighted by atomic mass is 79.9. The summed E-state index contributed by atoms with van der Waals surface area (Å²) in [5.41, 5.74) is 5.02. The van der Waals surface area contributed by atoms with Crippen molar-refractivity contribution in [2.24, 2.45) is 13.0 Å². The van der Waals surface area contributed by atoms with Crippen LogP contribution >= 0.6 is 15.9 Å². The number of nitrogens with one attached hydrogen (secondary N) is 2. The first-order valence-electron chi connectivity index (χ1n) is 9.03. The molecule has 2 N–H and O–H groups in total. The molecule has 0 saturated heterocycles. The van der Waals surface area contributed by atoms with Crippen molar-refractivity contribution in [2.45, 2.75) is 19.8 Å². The molecule has 0 atom stereocenters. The van der Waals surface area contributed by atoms with Gasteiger partial charge in [0.15, 0.2) is 5.82 Å². The van der Waals surface area contributed by atoms with Crippen LogP contribution in [0, 0.1) is 18.7 Å². The Bertz CT molecular complexity index is 1060. The summed E-state index contributed by atoms with van der Waals surface area (Å²) in [5.74, 6) is -0.577. The van der Waals surface area contributed by atoms with Crippen molar-refractivity contribution in [1.29, 1.82) is 0 Å². The molecule has 1 aliphatic carbocycles. The Morgan fingerprint density at radius 3 is 2.89 bits per heavy atom. The van der Waals surface area contributed by atoms with E-state index in [9.17, 15) is 4.79 Å². The van der Waals surface area contributed by atoms with Crippen molar-refractivity contribution in [3.05, 3.63) is 52.0 Å². The SMILES string of the molecule is Cc1cc(Br)ccc1Nc1c(C(=O)NOCC2CC2)cc2c(ncn2C)c1F. The van der Waals surface area contributed by atoms with Crippen molar-refractivity contribution < 1.29 is 14.0 Å². The van der Waals surface area contributed by atoms with E-state index in [1.807, 2.05) is 25.1 Å². The molecule has 0 unspecified atom stereocenters. The molecule has 2 aromatic carbocycles. The number of fused-ring (bicyclic) bond motifs is 1. The first kappa shape index (κ1) is 18.9. The minimum absolute atomic E-state index is 0.0733. The summed E-state index contributed by atoms with van der Waals surface area (Å²) in [7, 11) is 1.76. The van der Waals surface area contributed by atoms with Crippen LogP contribution in [-0.4, -0.2) is 22.1 Å². The second kappa shape index (κ2) is 7.52. The maximum absolute atomic E-state index is 15.3. The van der Waals surface area contributed by atoms with Gasteiger partial charge in [0, 0.05) is 17.2 Å². The average Bonchev–Trinajstić information content (AvgIpc) is 3.40. The normalized spacial score (nSPS) is 13.7. The highest BCUT2D eigenvalue weighted by Crippen LogP contribution is 2.32. The van der Waals surface area contributed by atoms with E-state index in [-0.39, 0.29) is 16.8 Å². The zero-order valence-electron chi connectivity index (χ0n) is 15.6. The van der Waals surface area contributed by atoms with Crippen molar-refractivity contribution >= 4 is 44.2 Å². The Kier molecular flexibility index (Phi) is 5.07. The van der Waals surface area contributed by atoms with Gasteiger partial charge in [0.1, 0.15) is 5.52 Å². The van der Waals surface area contributed by atoms with Crippen LogP contribution < -0.4 is 10.8 Å². The van der Waals surface area contributed by atoms with E-state index < -0.39 is 11.7 Å². The first-order chi connectivity index (χ1) is 13.4. The van der Waals surface area contributed by atoms with Gasteiger partial charge >= 0.3 is 0 Å². The number of carbonyl (C=O) groups excluding carboxylic acids is 1. The van der Waals surface area contributed by atoms with Gasteiger partial charge in [-0.25, -0.2) is 14.9 Å². The van der Waals surface area contributed by atoms with Crippen LogP contribution in [0.3, 0.4) is 0 Å². The number of nitrogens with zero attached hydrogens (tertiary/aromatic N) is 2. The van der Waals surface area contributed by atoms with Gasteiger partial charge in [0.25, 0.3) is 5.91 Å². The fourth-order valence-electron chi connectivity index (χ4n) is 2.99. The Labute approximate surface area is 170 Å². The van der Waals surface area contributed by atoms with Gasteiger partial charge in [-0.1, -0.05) is 15.9 Å². The zero-order chi connectivity index (χ0) is 19.8. The fourth-order valence-corrected chi connectivity index (χ4v) is 3.47. The molecule has 4 rings (SSSR count). The molecule has 1 saturated carbocycles. The van der Waals surface area contributed by atoms with E-state index in [1.165, 1.54) is 6.33 Å². The number of aryl methyl sites for hydroxylation is 2. The number of carbonyl (C=O) groups is 1. The third-order valence-electron chi connectivity index (χ3n) is 4.83. The smallest absolute Gasteiger partial charge is 0.277 e. The van der Waals surface area contributed by atoms with Crippen molar-refractivity contribution in [3.63, 3.8) is 0 Å². The summed E-state index contributed by atoms with van der Waals surface area (Å²) in [6, 6.07) is 7.22. The number of hydroxylamine groups is 1. The molecular formula is C20H20BrFN4O2. The molecule has 0 bridgehead atoms. The fraction of sp³-hybridized carbons (Fsp3) is 0.300. The lowest BCUT2D eigenvalue weighted by atomic mass is 10.1.